The van der Waals surface area contributed by atoms with Gasteiger partial charge in [0, 0.05) is 19.2 Å². The average Bonchev–Trinajstić information content (AvgIpc) is 2.84. The van der Waals surface area contributed by atoms with Crippen molar-refractivity contribution in [2.24, 2.45) is 5.92 Å². The van der Waals surface area contributed by atoms with Gasteiger partial charge in [0.15, 0.2) is 0 Å². The van der Waals surface area contributed by atoms with Crippen LogP contribution in [-0.2, 0) is 13.1 Å². The fourth-order valence-electron chi connectivity index (χ4n) is 1.56. The molecule has 0 bridgehead atoms. The fourth-order valence-corrected chi connectivity index (χ4v) is 2.23. The number of thiophene rings is 1. The van der Waals surface area contributed by atoms with Crippen molar-refractivity contribution in [2.45, 2.75) is 26.9 Å². The predicted molar refractivity (Wildman–Crippen MR) is 68.7 cm³/mol. The van der Waals surface area contributed by atoms with Crippen LogP contribution in [0.2, 0.25) is 0 Å². The number of nitrogens with one attached hydrogen (secondary N) is 1. The molecule has 0 aliphatic rings. The second-order valence-electron chi connectivity index (χ2n) is 4.28. The van der Waals surface area contributed by atoms with Crippen LogP contribution in [0, 0.1) is 5.92 Å². The van der Waals surface area contributed by atoms with Crippen molar-refractivity contribution in [3.63, 3.8) is 0 Å². The van der Waals surface area contributed by atoms with Crippen molar-refractivity contribution in [1.82, 2.24) is 9.78 Å². The third-order valence-corrected chi connectivity index (χ3v) is 3.04. The topological polar surface area (TPSA) is 29.9 Å². The van der Waals surface area contributed by atoms with E-state index < -0.39 is 0 Å². The van der Waals surface area contributed by atoms with Crippen LogP contribution in [0.4, 0.5) is 5.82 Å². The lowest BCUT2D eigenvalue weighted by Gasteiger charge is -2.11. The van der Waals surface area contributed by atoms with E-state index in [1.54, 1.807) is 11.3 Å². The molecular weight excluding hydrogens is 218 g/mol. The summed E-state index contributed by atoms with van der Waals surface area (Å²) in [7, 11) is 0. The van der Waals surface area contributed by atoms with Gasteiger partial charge in [0.2, 0.25) is 0 Å². The standard InChI is InChI=1S/C12H17N3S/c1-10(2)8-15-12(3-5-14-15)13-7-11-4-6-16-9-11/h3-6,9-10,13H,7-8H2,1-2H3. The Hall–Kier alpha value is -1.29. The minimum absolute atomic E-state index is 0.613. The second kappa shape index (κ2) is 5.16. The minimum Gasteiger partial charge on any atom is -0.366 e. The van der Waals surface area contributed by atoms with E-state index in [9.17, 15) is 0 Å². The Morgan fingerprint density at radius 2 is 2.31 bits per heavy atom. The van der Waals surface area contributed by atoms with Crippen molar-refractivity contribution in [1.29, 1.82) is 0 Å². The van der Waals surface area contributed by atoms with Gasteiger partial charge in [-0.3, -0.25) is 0 Å². The van der Waals surface area contributed by atoms with Gasteiger partial charge in [-0.2, -0.15) is 16.4 Å². The zero-order valence-electron chi connectivity index (χ0n) is 9.68. The van der Waals surface area contributed by atoms with Crippen LogP contribution in [0.5, 0.6) is 0 Å². The highest BCUT2D eigenvalue weighted by atomic mass is 32.1. The first-order valence-corrected chi connectivity index (χ1v) is 6.46. The Balaban J connectivity index is 1.96. The Kier molecular flexibility index (Phi) is 3.62. The Bertz CT molecular complexity index is 417. The molecule has 0 aliphatic carbocycles. The number of rotatable bonds is 5. The summed E-state index contributed by atoms with van der Waals surface area (Å²) in [5.41, 5.74) is 1.32. The van der Waals surface area contributed by atoms with E-state index in [0.29, 0.717) is 5.92 Å². The van der Waals surface area contributed by atoms with E-state index in [2.05, 4.69) is 41.1 Å². The first kappa shape index (κ1) is 11.2. The molecule has 0 aromatic carbocycles. The molecule has 0 fully saturated rings. The Morgan fingerprint density at radius 1 is 1.44 bits per heavy atom. The van der Waals surface area contributed by atoms with Gasteiger partial charge in [0.25, 0.3) is 0 Å². The van der Waals surface area contributed by atoms with Crippen LogP contribution in [0.25, 0.3) is 0 Å². The van der Waals surface area contributed by atoms with Gasteiger partial charge in [-0.05, 0) is 28.3 Å². The van der Waals surface area contributed by atoms with E-state index in [1.807, 2.05) is 16.9 Å². The predicted octanol–water partition coefficient (Wildman–Crippen LogP) is 3.21. The van der Waals surface area contributed by atoms with E-state index >= 15 is 0 Å². The first-order valence-electron chi connectivity index (χ1n) is 5.52. The van der Waals surface area contributed by atoms with Crippen molar-refractivity contribution in [3.05, 3.63) is 34.7 Å². The molecule has 4 heteroatoms. The molecule has 1 N–H and O–H groups in total. The molecule has 2 aromatic heterocycles. The van der Waals surface area contributed by atoms with Crippen LogP contribution in [0.3, 0.4) is 0 Å². The van der Waals surface area contributed by atoms with Crippen molar-refractivity contribution < 1.29 is 0 Å². The molecule has 16 heavy (non-hydrogen) atoms. The summed E-state index contributed by atoms with van der Waals surface area (Å²) in [6.07, 6.45) is 1.85. The third kappa shape index (κ3) is 2.85. The number of hydrogen-bond acceptors (Lipinski definition) is 3. The zero-order chi connectivity index (χ0) is 11.4. The lowest BCUT2D eigenvalue weighted by molar-refractivity contribution is 0.487. The molecule has 0 saturated heterocycles. The first-order chi connectivity index (χ1) is 7.75. The second-order valence-corrected chi connectivity index (χ2v) is 5.06. The van der Waals surface area contributed by atoms with E-state index in [-0.39, 0.29) is 0 Å². The van der Waals surface area contributed by atoms with Crippen LogP contribution < -0.4 is 5.32 Å². The van der Waals surface area contributed by atoms with Crippen LogP contribution in [-0.4, -0.2) is 9.78 Å². The number of anilines is 1. The molecule has 2 heterocycles. The normalized spacial score (nSPS) is 10.9. The van der Waals surface area contributed by atoms with Crippen LogP contribution >= 0.6 is 11.3 Å². The average molecular weight is 235 g/mol. The van der Waals surface area contributed by atoms with Gasteiger partial charge in [-0.1, -0.05) is 13.8 Å². The highest BCUT2D eigenvalue weighted by molar-refractivity contribution is 7.07. The third-order valence-electron chi connectivity index (χ3n) is 2.31. The maximum atomic E-state index is 4.31. The molecule has 0 unspecified atom stereocenters. The molecule has 2 aromatic rings. The molecular formula is C12H17N3S. The molecule has 2 rings (SSSR count). The van der Waals surface area contributed by atoms with Gasteiger partial charge in [-0.25, -0.2) is 4.68 Å². The molecule has 3 nitrogen and oxygen atoms in total. The molecule has 0 saturated carbocycles. The minimum atomic E-state index is 0.613. The summed E-state index contributed by atoms with van der Waals surface area (Å²) in [5, 5.41) is 12.0. The quantitative estimate of drug-likeness (QED) is 0.862. The molecule has 0 spiro atoms. The molecule has 0 amide bonds. The van der Waals surface area contributed by atoms with E-state index in [0.717, 1.165) is 18.9 Å². The van der Waals surface area contributed by atoms with Gasteiger partial charge in [0.05, 0.1) is 6.20 Å². The van der Waals surface area contributed by atoms with Crippen molar-refractivity contribution in [2.75, 3.05) is 5.32 Å². The van der Waals surface area contributed by atoms with E-state index in [4.69, 9.17) is 0 Å². The van der Waals surface area contributed by atoms with Crippen LogP contribution in [0.15, 0.2) is 29.1 Å². The highest BCUT2D eigenvalue weighted by Gasteiger charge is 2.03. The summed E-state index contributed by atoms with van der Waals surface area (Å²) in [4.78, 5) is 0. The summed E-state index contributed by atoms with van der Waals surface area (Å²) in [6.45, 7) is 6.22. The Morgan fingerprint density at radius 3 is 3.00 bits per heavy atom. The monoisotopic (exact) mass is 235 g/mol. The lowest BCUT2D eigenvalue weighted by atomic mass is 10.2. The number of nitrogens with zero attached hydrogens (tertiary/aromatic N) is 2. The van der Waals surface area contributed by atoms with Gasteiger partial charge < -0.3 is 5.32 Å². The fraction of sp³-hybridized carbons (Fsp3) is 0.417. The van der Waals surface area contributed by atoms with Crippen molar-refractivity contribution >= 4 is 17.2 Å². The summed E-state index contributed by atoms with van der Waals surface area (Å²) < 4.78 is 2.02. The Labute approximate surface area is 100 Å². The summed E-state index contributed by atoms with van der Waals surface area (Å²) in [5.74, 6) is 1.71. The van der Waals surface area contributed by atoms with Gasteiger partial charge in [-0.15, -0.1) is 0 Å². The zero-order valence-corrected chi connectivity index (χ0v) is 10.5. The highest BCUT2D eigenvalue weighted by Crippen LogP contribution is 2.12. The van der Waals surface area contributed by atoms with Gasteiger partial charge >= 0.3 is 0 Å². The van der Waals surface area contributed by atoms with Crippen LogP contribution in [0.1, 0.15) is 19.4 Å². The van der Waals surface area contributed by atoms with Gasteiger partial charge in [0.1, 0.15) is 5.82 Å². The summed E-state index contributed by atoms with van der Waals surface area (Å²) in [6, 6.07) is 4.16. The largest absolute Gasteiger partial charge is 0.366 e. The van der Waals surface area contributed by atoms with E-state index in [1.165, 1.54) is 5.56 Å². The SMILES string of the molecule is CC(C)Cn1nccc1NCc1ccsc1. The maximum absolute atomic E-state index is 4.31. The van der Waals surface area contributed by atoms with Crippen molar-refractivity contribution in [3.8, 4) is 0 Å². The molecule has 0 radical (unpaired) electrons. The maximum Gasteiger partial charge on any atom is 0.124 e. The molecule has 86 valence electrons. The number of aromatic nitrogens is 2. The summed E-state index contributed by atoms with van der Waals surface area (Å²) >= 11 is 1.73. The smallest absolute Gasteiger partial charge is 0.124 e. The number of hydrogen-bond donors (Lipinski definition) is 1. The molecule has 0 aliphatic heterocycles. The lowest BCUT2D eigenvalue weighted by Crippen LogP contribution is -2.11. The molecule has 0 atom stereocenters.